The summed E-state index contributed by atoms with van der Waals surface area (Å²) in [6.07, 6.45) is 1.88. The molecule has 0 saturated heterocycles. The van der Waals surface area contributed by atoms with E-state index < -0.39 is 4.92 Å². The Morgan fingerprint density at radius 3 is 2.61 bits per heavy atom. The van der Waals surface area contributed by atoms with Gasteiger partial charge in [0.1, 0.15) is 0 Å². The number of anilines is 1. The maximum absolute atomic E-state index is 10.5. The number of nitro benzene ring substituents is 1. The highest BCUT2D eigenvalue weighted by molar-refractivity contribution is 7.98. The molecule has 0 spiro atoms. The summed E-state index contributed by atoms with van der Waals surface area (Å²) >= 11 is 1.44. The van der Waals surface area contributed by atoms with Crippen molar-refractivity contribution in [1.29, 1.82) is 0 Å². The molecule has 1 aromatic heterocycles. The molecule has 0 unspecified atom stereocenters. The van der Waals surface area contributed by atoms with E-state index in [1.54, 1.807) is 16.7 Å². The summed E-state index contributed by atoms with van der Waals surface area (Å²) in [6, 6.07) is 6.33. The number of nitrogen functional groups attached to an aromatic ring is 1. The van der Waals surface area contributed by atoms with Crippen molar-refractivity contribution in [2.75, 3.05) is 12.0 Å². The van der Waals surface area contributed by atoms with E-state index in [1.807, 2.05) is 6.26 Å². The van der Waals surface area contributed by atoms with Gasteiger partial charge in [-0.05, 0) is 11.8 Å². The fourth-order valence-corrected chi connectivity index (χ4v) is 2.01. The van der Waals surface area contributed by atoms with Crippen LogP contribution in [0.15, 0.2) is 29.4 Å². The zero-order valence-corrected chi connectivity index (χ0v) is 10.4. The maximum atomic E-state index is 10.5. The van der Waals surface area contributed by atoms with Crippen molar-refractivity contribution in [2.24, 2.45) is 0 Å². The van der Waals surface area contributed by atoms with Crippen molar-refractivity contribution >= 4 is 23.4 Å². The lowest BCUT2D eigenvalue weighted by atomic mass is 10.2. The van der Waals surface area contributed by atoms with Crippen LogP contribution in [0.4, 0.5) is 11.6 Å². The van der Waals surface area contributed by atoms with Gasteiger partial charge in [-0.2, -0.15) is 0 Å². The highest BCUT2D eigenvalue weighted by Crippen LogP contribution is 2.18. The molecule has 0 bridgehead atoms. The summed E-state index contributed by atoms with van der Waals surface area (Å²) in [5, 5.41) is 19.0. The minimum atomic E-state index is -0.426. The highest BCUT2D eigenvalue weighted by atomic mass is 32.2. The zero-order chi connectivity index (χ0) is 13.1. The van der Waals surface area contributed by atoms with Crippen molar-refractivity contribution in [1.82, 2.24) is 14.8 Å². The Balaban J connectivity index is 2.23. The second-order valence-corrected chi connectivity index (χ2v) is 4.33. The number of hydrogen-bond acceptors (Lipinski definition) is 6. The number of hydrogen-bond donors (Lipinski definition) is 1. The minimum absolute atomic E-state index is 0.0700. The van der Waals surface area contributed by atoms with Gasteiger partial charge in [0.15, 0.2) is 5.16 Å². The summed E-state index contributed by atoms with van der Waals surface area (Å²) in [7, 11) is 0. The van der Waals surface area contributed by atoms with Gasteiger partial charge in [-0.1, -0.05) is 23.9 Å². The molecule has 2 N–H and O–H groups in total. The number of nitrogens with two attached hydrogens (primary N) is 1. The van der Waals surface area contributed by atoms with Gasteiger partial charge in [-0.25, -0.2) is 0 Å². The predicted octanol–water partition coefficient (Wildman–Crippen LogP) is 1.54. The van der Waals surface area contributed by atoms with Crippen molar-refractivity contribution in [2.45, 2.75) is 11.7 Å². The monoisotopic (exact) mass is 265 g/mol. The molecule has 0 saturated carbocycles. The van der Waals surface area contributed by atoms with Crippen LogP contribution in [-0.4, -0.2) is 25.9 Å². The third-order valence-electron chi connectivity index (χ3n) is 2.42. The average molecular weight is 265 g/mol. The average Bonchev–Trinajstić information content (AvgIpc) is 2.71. The number of nitro groups is 1. The SMILES string of the molecule is CSc1nnc(N)n1Cc1ccc([N+](=O)[O-])cc1. The van der Waals surface area contributed by atoms with Crippen LogP contribution in [0.2, 0.25) is 0 Å². The third kappa shape index (κ3) is 2.43. The predicted molar refractivity (Wildman–Crippen MR) is 68.4 cm³/mol. The van der Waals surface area contributed by atoms with E-state index in [2.05, 4.69) is 10.2 Å². The van der Waals surface area contributed by atoms with Crippen LogP contribution in [0.5, 0.6) is 0 Å². The first-order valence-electron chi connectivity index (χ1n) is 5.08. The minimum Gasteiger partial charge on any atom is -0.368 e. The second-order valence-electron chi connectivity index (χ2n) is 3.55. The number of non-ortho nitro benzene ring substituents is 1. The number of nitrogens with zero attached hydrogens (tertiary/aromatic N) is 4. The molecule has 0 fully saturated rings. The molecular formula is C10H11N5O2S. The van der Waals surface area contributed by atoms with E-state index in [-0.39, 0.29) is 5.69 Å². The molecule has 0 aliphatic heterocycles. The van der Waals surface area contributed by atoms with Crippen LogP contribution in [-0.2, 0) is 6.54 Å². The van der Waals surface area contributed by atoms with Crippen LogP contribution in [0.1, 0.15) is 5.56 Å². The van der Waals surface area contributed by atoms with E-state index in [4.69, 9.17) is 5.73 Å². The van der Waals surface area contributed by atoms with Crippen LogP contribution < -0.4 is 5.73 Å². The summed E-state index contributed by atoms with van der Waals surface area (Å²) in [5.74, 6) is 0.331. The van der Waals surface area contributed by atoms with Crippen molar-refractivity contribution < 1.29 is 4.92 Å². The largest absolute Gasteiger partial charge is 0.368 e. The summed E-state index contributed by atoms with van der Waals surface area (Å²) in [6.45, 7) is 0.493. The number of benzene rings is 1. The Kier molecular flexibility index (Phi) is 3.47. The lowest BCUT2D eigenvalue weighted by molar-refractivity contribution is -0.384. The van der Waals surface area contributed by atoms with Gasteiger partial charge in [-0.15, -0.1) is 10.2 Å². The first kappa shape index (κ1) is 12.4. The molecule has 1 aromatic carbocycles. The van der Waals surface area contributed by atoms with Crippen molar-refractivity contribution in [3.05, 3.63) is 39.9 Å². The van der Waals surface area contributed by atoms with Crippen LogP contribution in [0.3, 0.4) is 0 Å². The number of thioether (sulfide) groups is 1. The molecule has 0 aliphatic carbocycles. The summed E-state index contributed by atoms with van der Waals surface area (Å²) in [5.41, 5.74) is 6.69. The fraction of sp³-hybridized carbons (Fsp3) is 0.200. The number of aromatic nitrogens is 3. The van der Waals surface area contributed by atoms with Crippen LogP contribution in [0, 0.1) is 10.1 Å². The van der Waals surface area contributed by atoms with Crippen LogP contribution >= 0.6 is 11.8 Å². The molecule has 94 valence electrons. The summed E-state index contributed by atoms with van der Waals surface area (Å²) < 4.78 is 1.76. The van der Waals surface area contributed by atoms with E-state index in [1.165, 1.54) is 23.9 Å². The van der Waals surface area contributed by atoms with Gasteiger partial charge in [0, 0.05) is 12.1 Å². The molecular weight excluding hydrogens is 254 g/mol. The molecule has 0 radical (unpaired) electrons. The maximum Gasteiger partial charge on any atom is 0.269 e. The van der Waals surface area contributed by atoms with E-state index in [0.717, 1.165) is 5.56 Å². The van der Waals surface area contributed by atoms with Gasteiger partial charge in [0.05, 0.1) is 11.5 Å². The first-order chi connectivity index (χ1) is 8.61. The van der Waals surface area contributed by atoms with Crippen molar-refractivity contribution in [3.8, 4) is 0 Å². The zero-order valence-electron chi connectivity index (χ0n) is 9.61. The lowest BCUT2D eigenvalue weighted by Gasteiger charge is -2.06. The topological polar surface area (TPSA) is 99.9 Å². The molecule has 7 nitrogen and oxygen atoms in total. The molecule has 2 aromatic rings. The Bertz CT molecular complexity index is 566. The molecule has 0 amide bonds. The summed E-state index contributed by atoms with van der Waals surface area (Å²) in [4.78, 5) is 10.1. The van der Waals surface area contributed by atoms with E-state index in [9.17, 15) is 10.1 Å². The van der Waals surface area contributed by atoms with Gasteiger partial charge in [-0.3, -0.25) is 14.7 Å². The number of rotatable bonds is 4. The second kappa shape index (κ2) is 5.05. The quantitative estimate of drug-likeness (QED) is 0.511. The molecule has 8 heteroatoms. The normalized spacial score (nSPS) is 10.5. The standard InChI is InChI=1S/C10H11N5O2S/c1-18-10-13-12-9(11)14(10)6-7-2-4-8(5-3-7)15(16)17/h2-5H,6H2,1H3,(H2,11,12). The Morgan fingerprint density at radius 2 is 2.06 bits per heavy atom. The Labute approximate surface area is 107 Å². The van der Waals surface area contributed by atoms with Gasteiger partial charge >= 0.3 is 0 Å². The smallest absolute Gasteiger partial charge is 0.269 e. The first-order valence-corrected chi connectivity index (χ1v) is 6.30. The molecule has 0 atom stereocenters. The van der Waals surface area contributed by atoms with Crippen LogP contribution in [0.25, 0.3) is 0 Å². The van der Waals surface area contributed by atoms with Gasteiger partial charge in [0.25, 0.3) is 5.69 Å². The molecule has 2 rings (SSSR count). The Hall–Kier alpha value is -2.09. The van der Waals surface area contributed by atoms with E-state index >= 15 is 0 Å². The molecule has 0 aliphatic rings. The van der Waals surface area contributed by atoms with Gasteiger partial charge < -0.3 is 5.73 Å². The van der Waals surface area contributed by atoms with Crippen molar-refractivity contribution in [3.63, 3.8) is 0 Å². The Morgan fingerprint density at radius 1 is 1.39 bits per heavy atom. The molecule has 1 heterocycles. The van der Waals surface area contributed by atoms with E-state index in [0.29, 0.717) is 17.6 Å². The van der Waals surface area contributed by atoms with Gasteiger partial charge in [0.2, 0.25) is 5.95 Å². The highest BCUT2D eigenvalue weighted by Gasteiger charge is 2.10. The fourth-order valence-electron chi connectivity index (χ4n) is 1.51. The lowest BCUT2D eigenvalue weighted by Crippen LogP contribution is -2.05. The third-order valence-corrected chi connectivity index (χ3v) is 3.08. The molecule has 18 heavy (non-hydrogen) atoms.